The Bertz CT molecular complexity index is 270. The van der Waals surface area contributed by atoms with Crippen molar-refractivity contribution in [2.45, 2.75) is 32.7 Å². The van der Waals surface area contributed by atoms with Crippen molar-refractivity contribution in [1.82, 2.24) is 10.2 Å². The quantitative estimate of drug-likeness (QED) is 0.552. The average molecular weight is 224 g/mol. The molecule has 4 nitrogen and oxygen atoms in total. The van der Waals surface area contributed by atoms with E-state index in [1.807, 2.05) is 6.92 Å². The van der Waals surface area contributed by atoms with Crippen molar-refractivity contribution in [3.63, 3.8) is 0 Å². The largest absolute Gasteiger partial charge is 0.351 e. The van der Waals surface area contributed by atoms with Crippen LogP contribution in [0.5, 0.6) is 0 Å². The van der Waals surface area contributed by atoms with Crippen LogP contribution in [0.2, 0.25) is 0 Å². The van der Waals surface area contributed by atoms with Gasteiger partial charge in [-0.25, -0.2) is 0 Å². The number of nitrogens with two attached hydrogens (primary N) is 1. The van der Waals surface area contributed by atoms with Crippen LogP contribution in [-0.4, -0.2) is 43.5 Å². The second kappa shape index (κ2) is 6.66. The molecule has 3 N–H and O–H groups in total. The highest BCUT2D eigenvalue weighted by Gasteiger charge is 2.18. The maximum atomic E-state index is 5.89. The third kappa shape index (κ3) is 4.33. The molecule has 0 radical (unpaired) electrons. The maximum Gasteiger partial charge on any atom is 0.0967 e. The van der Waals surface area contributed by atoms with Gasteiger partial charge >= 0.3 is 0 Å². The van der Waals surface area contributed by atoms with Crippen molar-refractivity contribution in [3.05, 3.63) is 11.8 Å². The molecule has 1 fully saturated rings. The first-order chi connectivity index (χ1) is 7.65. The summed E-state index contributed by atoms with van der Waals surface area (Å²) in [5.41, 5.74) is 7.29. The summed E-state index contributed by atoms with van der Waals surface area (Å²) in [7, 11) is 1.79. The van der Waals surface area contributed by atoms with Gasteiger partial charge in [-0.05, 0) is 25.3 Å². The Morgan fingerprint density at radius 2 is 2.38 bits per heavy atom. The third-order valence-electron chi connectivity index (χ3n) is 3.01. The molecule has 1 aliphatic rings. The number of likely N-dealkylation sites (tertiary alicyclic amines) is 1. The lowest BCUT2D eigenvalue weighted by Crippen LogP contribution is -2.28. The van der Waals surface area contributed by atoms with Crippen molar-refractivity contribution in [3.8, 4) is 0 Å². The molecule has 92 valence electrons. The fraction of sp³-hybridized carbons (Fsp3) is 0.750. The summed E-state index contributed by atoms with van der Waals surface area (Å²) in [6.07, 6.45) is 4.27. The van der Waals surface area contributed by atoms with Gasteiger partial charge in [-0.3, -0.25) is 9.89 Å². The molecule has 1 saturated heterocycles. The summed E-state index contributed by atoms with van der Waals surface area (Å²) in [5, 5.41) is 3.20. The summed E-state index contributed by atoms with van der Waals surface area (Å²) in [6, 6.07) is 0.366. The molecular formula is C12H24N4. The highest BCUT2D eigenvalue weighted by Crippen LogP contribution is 2.10. The molecule has 0 saturated carbocycles. The van der Waals surface area contributed by atoms with Crippen LogP contribution in [0.25, 0.3) is 0 Å². The van der Waals surface area contributed by atoms with E-state index in [4.69, 9.17) is 5.73 Å². The first kappa shape index (κ1) is 13.2. The topological polar surface area (TPSA) is 53.7 Å². The van der Waals surface area contributed by atoms with Gasteiger partial charge in [0.2, 0.25) is 0 Å². The standard InChI is InChI=1S/C12H24N4/c1-4-11(7-15-10(2)14-3)8-16-6-5-12(13)9-16/h7,12H,4-6,8-9,13H2,1-3H3,(H,14,15)/b11-7+. The number of nitrogens with one attached hydrogen (secondary N) is 1. The van der Waals surface area contributed by atoms with Gasteiger partial charge in [-0.1, -0.05) is 6.92 Å². The van der Waals surface area contributed by atoms with Gasteiger partial charge in [0.1, 0.15) is 0 Å². The molecule has 1 aliphatic heterocycles. The fourth-order valence-corrected chi connectivity index (χ4v) is 1.82. The number of aliphatic imine (C=N–C) groups is 1. The van der Waals surface area contributed by atoms with E-state index in [0.717, 1.165) is 38.3 Å². The van der Waals surface area contributed by atoms with Crippen LogP contribution in [-0.2, 0) is 0 Å². The van der Waals surface area contributed by atoms with Crippen LogP contribution in [0, 0.1) is 0 Å². The summed E-state index contributed by atoms with van der Waals surface area (Å²) in [5.74, 6) is 0.948. The third-order valence-corrected chi connectivity index (χ3v) is 3.01. The molecule has 16 heavy (non-hydrogen) atoms. The van der Waals surface area contributed by atoms with Gasteiger partial charge in [-0.2, -0.15) is 0 Å². The van der Waals surface area contributed by atoms with Crippen molar-refractivity contribution in [1.29, 1.82) is 0 Å². The Morgan fingerprint density at radius 1 is 1.62 bits per heavy atom. The Hall–Kier alpha value is -0.870. The zero-order valence-electron chi connectivity index (χ0n) is 10.7. The van der Waals surface area contributed by atoms with Crippen LogP contribution >= 0.6 is 0 Å². The minimum atomic E-state index is 0.366. The molecule has 1 unspecified atom stereocenters. The normalized spacial score (nSPS) is 23.9. The average Bonchev–Trinajstić information content (AvgIpc) is 2.69. The molecule has 1 heterocycles. The van der Waals surface area contributed by atoms with Gasteiger partial charge in [0, 0.05) is 38.9 Å². The fourth-order valence-electron chi connectivity index (χ4n) is 1.82. The van der Waals surface area contributed by atoms with E-state index in [-0.39, 0.29) is 0 Å². The maximum absolute atomic E-state index is 5.89. The van der Waals surface area contributed by atoms with Crippen LogP contribution in [0.4, 0.5) is 0 Å². The molecule has 1 rings (SSSR count). The second-order valence-corrected chi connectivity index (χ2v) is 4.39. The van der Waals surface area contributed by atoms with Gasteiger partial charge in [0.05, 0.1) is 5.84 Å². The van der Waals surface area contributed by atoms with Crippen LogP contribution in [0.15, 0.2) is 16.8 Å². The molecule has 0 aromatic rings. The second-order valence-electron chi connectivity index (χ2n) is 4.39. The highest BCUT2D eigenvalue weighted by molar-refractivity contribution is 5.80. The van der Waals surface area contributed by atoms with Gasteiger partial charge in [0.15, 0.2) is 0 Å². The lowest BCUT2D eigenvalue weighted by molar-refractivity contribution is 0.360. The summed E-state index contributed by atoms with van der Waals surface area (Å²) in [6.45, 7) is 7.32. The predicted octanol–water partition coefficient (Wildman–Crippen LogP) is 0.951. The van der Waals surface area contributed by atoms with E-state index in [1.54, 1.807) is 7.05 Å². The van der Waals surface area contributed by atoms with Crippen LogP contribution < -0.4 is 11.1 Å². The molecular weight excluding hydrogens is 200 g/mol. The predicted molar refractivity (Wildman–Crippen MR) is 69.6 cm³/mol. The SMILES string of the molecule is CC/C(=C\NC(C)=NC)CN1CCC(N)C1. The highest BCUT2D eigenvalue weighted by atomic mass is 15.2. The molecule has 1 atom stereocenters. The van der Waals surface area contributed by atoms with Crippen molar-refractivity contribution >= 4 is 5.84 Å². The van der Waals surface area contributed by atoms with E-state index in [2.05, 4.69) is 28.3 Å². The lowest BCUT2D eigenvalue weighted by atomic mass is 10.2. The Kier molecular flexibility index (Phi) is 5.49. The Morgan fingerprint density at radius 3 is 2.88 bits per heavy atom. The van der Waals surface area contributed by atoms with E-state index < -0.39 is 0 Å². The first-order valence-electron chi connectivity index (χ1n) is 6.01. The van der Waals surface area contributed by atoms with Crippen LogP contribution in [0.3, 0.4) is 0 Å². The summed E-state index contributed by atoms with van der Waals surface area (Å²) < 4.78 is 0. The monoisotopic (exact) mass is 224 g/mol. The molecule has 0 aliphatic carbocycles. The number of rotatable bonds is 4. The van der Waals surface area contributed by atoms with E-state index in [9.17, 15) is 0 Å². The minimum Gasteiger partial charge on any atom is -0.351 e. The van der Waals surface area contributed by atoms with E-state index in [1.165, 1.54) is 5.57 Å². The van der Waals surface area contributed by atoms with Crippen molar-refractivity contribution in [2.24, 2.45) is 10.7 Å². The van der Waals surface area contributed by atoms with Gasteiger partial charge in [-0.15, -0.1) is 0 Å². The zero-order valence-corrected chi connectivity index (χ0v) is 10.7. The lowest BCUT2D eigenvalue weighted by Gasteiger charge is -2.17. The Labute approximate surface area is 98.6 Å². The number of hydrogen-bond acceptors (Lipinski definition) is 3. The van der Waals surface area contributed by atoms with Crippen LogP contribution in [0.1, 0.15) is 26.7 Å². The molecule has 0 aromatic heterocycles. The first-order valence-corrected chi connectivity index (χ1v) is 6.01. The van der Waals surface area contributed by atoms with Gasteiger partial charge < -0.3 is 11.1 Å². The zero-order chi connectivity index (χ0) is 12.0. The van der Waals surface area contributed by atoms with Crippen molar-refractivity contribution in [2.75, 3.05) is 26.7 Å². The summed E-state index contributed by atoms with van der Waals surface area (Å²) in [4.78, 5) is 6.48. The molecule has 0 spiro atoms. The molecule has 0 amide bonds. The smallest absolute Gasteiger partial charge is 0.0967 e. The van der Waals surface area contributed by atoms with E-state index in [0.29, 0.717) is 6.04 Å². The number of nitrogens with zero attached hydrogens (tertiary/aromatic N) is 2. The molecule has 0 aromatic carbocycles. The van der Waals surface area contributed by atoms with Crippen molar-refractivity contribution < 1.29 is 0 Å². The summed E-state index contributed by atoms with van der Waals surface area (Å²) >= 11 is 0. The number of amidine groups is 1. The Balaban J connectivity index is 2.42. The van der Waals surface area contributed by atoms with Gasteiger partial charge in [0.25, 0.3) is 0 Å². The number of hydrogen-bond donors (Lipinski definition) is 2. The molecule has 4 heteroatoms. The minimum absolute atomic E-state index is 0.366. The molecule has 0 bridgehead atoms. The van der Waals surface area contributed by atoms with E-state index >= 15 is 0 Å².